The molecule has 2 aromatic heterocycles. The molecule has 0 aliphatic rings. The number of nitrogens with zero attached hydrogens (tertiary/aromatic N) is 3. The van der Waals surface area contributed by atoms with E-state index in [0.717, 1.165) is 18.7 Å². The number of rotatable bonds is 7. The quantitative estimate of drug-likeness (QED) is 0.844. The van der Waals surface area contributed by atoms with Gasteiger partial charge in [0.1, 0.15) is 4.88 Å². The molecule has 0 saturated carbocycles. The molecule has 0 spiro atoms. The standard InChI is InChI=1S/C14H17N3O3S/c1-17(8-6-10-5-3-4-7-15-10)14-16-11(9-20-2)12(21-14)13(18)19/h3-5,7H,6,8-9H2,1-2H3,(H,18,19). The van der Waals surface area contributed by atoms with E-state index in [0.29, 0.717) is 10.8 Å². The SMILES string of the molecule is COCc1nc(N(C)CCc2ccccn2)sc1C(=O)O. The van der Waals surface area contributed by atoms with Gasteiger partial charge in [-0.15, -0.1) is 0 Å². The minimum Gasteiger partial charge on any atom is -0.477 e. The monoisotopic (exact) mass is 307 g/mol. The largest absolute Gasteiger partial charge is 0.477 e. The van der Waals surface area contributed by atoms with Gasteiger partial charge in [-0.1, -0.05) is 17.4 Å². The van der Waals surface area contributed by atoms with Crippen LogP contribution in [-0.4, -0.2) is 41.7 Å². The van der Waals surface area contributed by atoms with Crippen molar-refractivity contribution in [2.24, 2.45) is 0 Å². The van der Waals surface area contributed by atoms with Gasteiger partial charge in [0.25, 0.3) is 0 Å². The normalized spacial score (nSPS) is 10.6. The van der Waals surface area contributed by atoms with Gasteiger partial charge in [0.05, 0.1) is 12.3 Å². The number of carboxylic acid groups (broad SMARTS) is 1. The molecule has 21 heavy (non-hydrogen) atoms. The molecule has 6 nitrogen and oxygen atoms in total. The first-order valence-corrected chi connectivity index (χ1v) is 7.26. The van der Waals surface area contributed by atoms with E-state index in [1.807, 2.05) is 30.1 Å². The Kier molecular flexibility index (Phi) is 5.24. The van der Waals surface area contributed by atoms with Gasteiger partial charge in [0.15, 0.2) is 5.13 Å². The fraction of sp³-hybridized carbons (Fsp3) is 0.357. The number of likely N-dealkylation sites (N-methyl/N-ethyl adjacent to an activating group) is 1. The molecular weight excluding hydrogens is 290 g/mol. The molecular formula is C14H17N3O3S. The Bertz CT molecular complexity index is 601. The van der Waals surface area contributed by atoms with Crippen LogP contribution >= 0.6 is 11.3 Å². The highest BCUT2D eigenvalue weighted by Gasteiger charge is 2.19. The van der Waals surface area contributed by atoms with Crippen molar-refractivity contribution in [1.29, 1.82) is 0 Å². The maximum atomic E-state index is 11.2. The zero-order valence-corrected chi connectivity index (χ0v) is 12.8. The van der Waals surface area contributed by atoms with Crippen LogP contribution in [0, 0.1) is 0 Å². The summed E-state index contributed by atoms with van der Waals surface area (Å²) in [4.78, 5) is 22.0. The Morgan fingerprint density at radius 1 is 1.48 bits per heavy atom. The summed E-state index contributed by atoms with van der Waals surface area (Å²) in [5.74, 6) is -0.969. The summed E-state index contributed by atoms with van der Waals surface area (Å²) in [6.45, 7) is 0.919. The van der Waals surface area contributed by atoms with E-state index >= 15 is 0 Å². The van der Waals surface area contributed by atoms with E-state index < -0.39 is 5.97 Å². The molecule has 0 aromatic carbocycles. The van der Waals surface area contributed by atoms with Gasteiger partial charge in [0.2, 0.25) is 0 Å². The second kappa shape index (κ2) is 7.14. The first-order chi connectivity index (χ1) is 10.1. The van der Waals surface area contributed by atoms with Crippen molar-refractivity contribution >= 4 is 22.4 Å². The van der Waals surface area contributed by atoms with Gasteiger partial charge in [-0.3, -0.25) is 4.98 Å². The van der Waals surface area contributed by atoms with Gasteiger partial charge in [0, 0.05) is 39.0 Å². The second-order valence-electron chi connectivity index (χ2n) is 4.50. The molecule has 112 valence electrons. The Morgan fingerprint density at radius 3 is 2.90 bits per heavy atom. The Balaban J connectivity index is 2.06. The molecule has 0 atom stereocenters. The molecule has 1 N–H and O–H groups in total. The Hall–Kier alpha value is -1.99. The van der Waals surface area contributed by atoms with Crippen molar-refractivity contribution in [2.75, 3.05) is 25.6 Å². The van der Waals surface area contributed by atoms with Crippen molar-refractivity contribution in [3.63, 3.8) is 0 Å². The maximum Gasteiger partial charge on any atom is 0.347 e. The smallest absolute Gasteiger partial charge is 0.347 e. The van der Waals surface area contributed by atoms with Crippen molar-refractivity contribution in [3.8, 4) is 0 Å². The third-order valence-corrected chi connectivity index (χ3v) is 4.12. The van der Waals surface area contributed by atoms with Gasteiger partial charge in [-0.25, -0.2) is 9.78 Å². The van der Waals surface area contributed by atoms with Gasteiger partial charge in [-0.05, 0) is 12.1 Å². The first kappa shape index (κ1) is 15.4. The van der Waals surface area contributed by atoms with Crippen molar-refractivity contribution in [2.45, 2.75) is 13.0 Å². The van der Waals surface area contributed by atoms with Crippen LogP contribution in [-0.2, 0) is 17.8 Å². The molecule has 0 fully saturated rings. The number of methoxy groups -OCH3 is 1. The highest BCUT2D eigenvalue weighted by molar-refractivity contribution is 7.17. The minimum atomic E-state index is -0.969. The minimum absolute atomic E-state index is 0.201. The predicted octanol–water partition coefficient (Wildman–Crippen LogP) is 2.06. The first-order valence-electron chi connectivity index (χ1n) is 6.44. The van der Waals surface area contributed by atoms with Crippen LogP contribution in [0.3, 0.4) is 0 Å². The molecule has 0 bridgehead atoms. The zero-order chi connectivity index (χ0) is 15.2. The van der Waals surface area contributed by atoms with Crippen molar-refractivity contribution in [1.82, 2.24) is 9.97 Å². The average Bonchev–Trinajstić information content (AvgIpc) is 2.90. The number of thiazole rings is 1. The number of aromatic nitrogens is 2. The van der Waals surface area contributed by atoms with Crippen LogP contribution in [0.2, 0.25) is 0 Å². The zero-order valence-electron chi connectivity index (χ0n) is 11.9. The maximum absolute atomic E-state index is 11.2. The molecule has 0 radical (unpaired) electrons. The fourth-order valence-corrected chi connectivity index (χ4v) is 2.72. The molecule has 0 aliphatic heterocycles. The van der Waals surface area contributed by atoms with Crippen LogP contribution in [0.1, 0.15) is 21.1 Å². The Labute approximate surface area is 127 Å². The molecule has 2 rings (SSSR count). The molecule has 7 heteroatoms. The lowest BCUT2D eigenvalue weighted by molar-refractivity contribution is 0.0697. The van der Waals surface area contributed by atoms with Gasteiger partial charge in [-0.2, -0.15) is 0 Å². The van der Waals surface area contributed by atoms with Gasteiger partial charge < -0.3 is 14.7 Å². The number of aromatic carboxylic acids is 1. The summed E-state index contributed by atoms with van der Waals surface area (Å²) in [6, 6.07) is 5.80. The summed E-state index contributed by atoms with van der Waals surface area (Å²) < 4.78 is 4.99. The number of ether oxygens (including phenoxy) is 1. The lowest BCUT2D eigenvalue weighted by Gasteiger charge is -2.14. The van der Waals surface area contributed by atoms with E-state index in [-0.39, 0.29) is 11.5 Å². The van der Waals surface area contributed by atoms with E-state index in [4.69, 9.17) is 4.74 Å². The van der Waals surface area contributed by atoms with E-state index in [2.05, 4.69) is 9.97 Å². The number of hydrogen-bond acceptors (Lipinski definition) is 6. The van der Waals surface area contributed by atoms with E-state index in [1.165, 1.54) is 18.4 Å². The van der Waals surface area contributed by atoms with Crippen molar-refractivity contribution in [3.05, 3.63) is 40.7 Å². The molecule has 0 aliphatic carbocycles. The molecule has 2 heterocycles. The van der Waals surface area contributed by atoms with E-state index in [9.17, 15) is 9.90 Å². The number of hydrogen-bond donors (Lipinski definition) is 1. The van der Waals surface area contributed by atoms with E-state index in [1.54, 1.807) is 6.20 Å². The highest BCUT2D eigenvalue weighted by Crippen LogP contribution is 2.26. The second-order valence-corrected chi connectivity index (χ2v) is 5.48. The number of pyridine rings is 1. The highest BCUT2D eigenvalue weighted by atomic mass is 32.1. The van der Waals surface area contributed by atoms with Crippen LogP contribution < -0.4 is 4.90 Å². The molecule has 0 amide bonds. The summed E-state index contributed by atoms with van der Waals surface area (Å²) in [7, 11) is 3.42. The summed E-state index contributed by atoms with van der Waals surface area (Å²) in [6.07, 6.45) is 2.54. The van der Waals surface area contributed by atoms with Crippen LogP contribution in [0.5, 0.6) is 0 Å². The number of anilines is 1. The third kappa shape index (κ3) is 3.99. The third-order valence-electron chi connectivity index (χ3n) is 2.92. The van der Waals surface area contributed by atoms with Crippen LogP contribution in [0.25, 0.3) is 0 Å². The Morgan fingerprint density at radius 2 is 2.29 bits per heavy atom. The predicted molar refractivity (Wildman–Crippen MR) is 81.0 cm³/mol. The lowest BCUT2D eigenvalue weighted by atomic mass is 10.2. The van der Waals surface area contributed by atoms with Crippen molar-refractivity contribution < 1.29 is 14.6 Å². The fourth-order valence-electron chi connectivity index (χ4n) is 1.83. The summed E-state index contributed by atoms with van der Waals surface area (Å²) in [5.41, 5.74) is 1.46. The van der Waals surface area contributed by atoms with Gasteiger partial charge >= 0.3 is 5.97 Å². The average molecular weight is 307 g/mol. The molecule has 2 aromatic rings. The number of carbonyl (C=O) groups is 1. The van der Waals surface area contributed by atoms with Crippen LogP contribution in [0.4, 0.5) is 5.13 Å². The molecule has 0 unspecified atom stereocenters. The topological polar surface area (TPSA) is 75.5 Å². The summed E-state index contributed by atoms with van der Waals surface area (Å²) >= 11 is 1.17. The van der Waals surface area contributed by atoms with Crippen LogP contribution in [0.15, 0.2) is 24.4 Å². The summed E-state index contributed by atoms with van der Waals surface area (Å²) in [5, 5.41) is 9.86. The number of carboxylic acids is 1. The molecule has 0 saturated heterocycles. The lowest BCUT2D eigenvalue weighted by Crippen LogP contribution is -2.20.